The molecule has 27 heavy (non-hydrogen) atoms. The average molecular weight is 383 g/mol. The Morgan fingerprint density at radius 3 is 2.81 bits per heavy atom. The number of benzene rings is 2. The molecule has 1 aliphatic heterocycles. The Morgan fingerprint density at radius 2 is 2.00 bits per heavy atom. The van der Waals surface area contributed by atoms with Gasteiger partial charge in [0.05, 0.1) is 21.8 Å². The summed E-state index contributed by atoms with van der Waals surface area (Å²) in [5.74, 6) is 0.0616. The van der Waals surface area contributed by atoms with E-state index in [1.165, 1.54) is 6.07 Å². The summed E-state index contributed by atoms with van der Waals surface area (Å²) in [7, 11) is -3.87. The maximum absolute atomic E-state index is 13.0. The van der Waals surface area contributed by atoms with E-state index in [1.807, 2.05) is 6.07 Å². The van der Waals surface area contributed by atoms with Crippen LogP contribution in [0.1, 0.15) is 12.5 Å². The Balaban J connectivity index is 1.76. The highest BCUT2D eigenvalue weighted by Crippen LogP contribution is 2.35. The molecule has 2 N–H and O–H groups in total. The van der Waals surface area contributed by atoms with Crippen molar-refractivity contribution in [3.8, 4) is 5.75 Å². The standard InChI is InChI=1S/C19H17N3O4S/c1-11-9-16-17(26-12(2)19(23)21-16)10-18(11)27(24,25)22-15-7-3-6-14-13(15)5-4-8-20-14/h3-10,12,22H,1-2H3,(H,21,23). The molecule has 1 atom stereocenters. The minimum atomic E-state index is -3.87. The number of pyridine rings is 1. The van der Waals surface area contributed by atoms with Gasteiger partial charge >= 0.3 is 0 Å². The van der Waals surface area contributed by atoms with Crippen LogP contribution >= 0.6 is 0 Å². The first-order chi connectivity index (χ1) is 12.8. The maximum atomic E-state index is 13.0. The van der Waals surface area contributed by atoms with Crippen molar-refractivity contribution in [2.24, 2.45) is 0 Å². The number of hydrogen-bond donors (Lipinski definition) is 2. The Labute approximate surface area is 156 Å². The number of ether oxygens (including phenoxy) is 1. The van der Waals surface area contributed by atoms with Crippen molar-refractivity contribution in [2.45, 2.75) is 24.8 Å². The first kappa shape index (κ1) is 17.3. The Bertz CT molecular complexity index is 1170. The third-order valence-corrected chi connectivity index (χ3v) is 5.90. The first-order valence-electron chi connectivity index (χ1n) is 8.34. The number of hydrogen-bond acceptors (Lipinski definition) is 5. The van der Waals surface area contributed by atoms with Crippen LogP contribution in [0.2, 0.25) is 0 Å². The molecule has 0 aliphatic carbocycles. The Hall–Kier alpha value is -3.13. The van der Waals surface area contributed by atoms with Gasteiger partial charge in [-0.3, -0.25) is 14.5 Å². The van der Waals surface area contributed by atoms with Crippen LogP contribution in [-0.2, 0) is 14.8 Å². The summed E-state index contributed by atoms with van der Waals surface area (Å²) < 4.78 is 34.2. The van der Waals surface area contributed by atoms with Crippen molar-refractivity contribution in [3.05, 3.63) is 54.2 Å². The smallest absolute Gasteiger partial charge is 0.265 e. The number of nitrogens with one attached hydrogen (secondary N) is 2. The summed E-state index contributed by atoms with van der Waals surface area (Å²) in [4.78, 5) is 16.1. The zero-order chi connectivity index (χ0) is 19.2. The molecule has 1 unspecified atom stereocenters. The predicted octanol–water partition coefficient (Wildman–Crippen LogP) is 3.06. The molecule has 7 nitrogen and oxygen atoms in total. The SMILES string of the molecule is Cc1cc2c(cc1S(=O)(=O)Nc1cccc3ncccc13)OC(C)C(=O)N2. The summed E-state index contributed by atoms with van der Waals surface area (Å²) in [5.41, 5.74) is 2.10. The predicted molar refractivity (Wildman–Crippen MR) is 102 cm³/mol. The molecule has 0 radical (unpaired) electrons. The largest absolute Gasteiger partial charge is 0.479 e. The first-order valence-corrected chi connectivity index (χ1v) is 9.82. The second-order valence-electron chi connectivity index (χ2n) is 6.34. The van der Waals surface area contributed by atoms with Crippen LogP contribution in [0, 0.1) is 6.92 Å². The van der Waals surface area contributed by atoms with Gasteiger partial charge in [-0.2, -0.15) is 0 Å². The molecule has 0 saturated carbocycles. The monoisotopic (exact) mass is 383 g/mol. The zero-order valence-electron chi connectivity index (χ0n) is 14.7. The molecule has 0 spiro atoms. The minimum absolute atomic E-state index is 0.0884. The summed E-state index contributed by atoms with van der Waals surface area (Å²) in [6.45, 7) is 3.28. The number of fused-ring (bicyclic) bond motifs is 2. The molecule has 1 aromatic heterocycles. The van der Waals surface area contributed by atoms with Crippen LogP contribution in [0.3, 0.4) is 0 Å². The quantitative estimate of drug-likeness (QED) is 0.724. The Kier molecular flexibility index (Phi) is 4.00. The van der Waals surface area contributed by atoms with Gasteiger partial charge in [0.15, 0.2) is 6.10 Å². The summed E-state index contributed by atoms with van der Waals surface area (Å²) in [5, 5.41) is 3.42. The van der Waals surface area contributed by atoms with Gasteiger partial charge in [0.25, 0.3) is 15.9 Å². The van der Waals surface area contributed by atoms with Crippen LogP contribution < -0.4 is 14.8 Å². The number of sulfonamides is 1. The van der Waals surface area contributed by atoms with E-state index in [9.17, 15) is 13.2 Å². The van der Waals surface area contributed by atoms with Crippen LogP contribution in [0.25, 0.3) is 10.9 Å². The molecular formula is C19H17N3O4S. The lowest BCUT2D eigenvalue weighted by molar-refractivity contribution is -0.122. The van der Waals surface area contributed by atoms with E-state index in [0.717, 1.165) is 0 Å². The second-order valence-corrected chi connectivity index (χ2v) is 8.00. The van der Waals surface area contributed by atoms with Gasteiger partial charge < -0.3 is 10.1 Å². The number of aromatic nitrogens is 1. The molecule has 2 heterocycles. The number of aryl methyl sites for hydroxylation is 1. The number of amides is 1. The summed E-state index contributed by atoms with van der Waals surface area (Å²) in [6.07, 6.45) is 0.967. The fourth-order valence-corrected chi connectivity index (χ4v) is 4.35. The molecule has 2 aromatic carbocycles. The van der Waals surface area contributed by atoms with Gasteiger partial charge in [0.1, 0.15) is 5.75 Å². The van der Waals surface area contributed by atoms with E-state index >= 15 is 0 Å². The third-order valence-electron chi connectivity index (χ3n) is 4.39. The molecule has 1 amide bonds. The highest BCUT2D eigenvalue weighted by molar-refractivity contribution is 7.92. The number of carbonyl (C=O) groups excluding carboxylic acids is 1. The fraction of sp³-hybridized carbons (Fsp3) is 0.158. The van der Waals surface area contributed by atoms with E-state index < -0.39 is 16.1 Å². The molecule has 138 valence electrons. The molecule has 4 rings (SSSR count). The lowest BCUT2D eigenvalue weighted by Gasteiger charge is -2.24. The van der Waals surface area contributed by atoms with Gasteiger partial charge in [-0.25, -0.2) is 8.42 Å². The van der Waals surface area contributed by atoms with E-state index in [2.05, 4.69) is 15.0 Å². The number of carbonyl (C=O) groups is 1. The normalized spacial score (nSPS) is 16.4. The van der Waals surface area contributed by atoms with Gasteiger partial charge in [-0.1, -0.05) is 6.07 Å². The molecular weight excluding hydrogens is 366 g/mol. The van der Waals surface area contributed by atoms with Crippen molar-refractivity contribution in [1.82, 2.24) is 4.98 Å². The van der Waals surface area contributed by atoms with Crippen molar-refractivity contribution >= 4 is 38.2 Å². The number of anilines is 2. The molecule has 3 aromatic rings. The lowest BCUT2D eigenvalue weighted by Crippen LogP contribution is -2.34. The third kappa shape index (κ3) is 3.08. The molecule has 0 saturated heterocycles. The van der Waals surface area contributed by atoms with E-state index in [-0.39, 0.29) is 10.8 Å². The van der Waals surface area contributed by atoms with Crippen LogP contribution in [-0.4, -0.2) is 25.4 Å². The second kappa shape index (κ2) is 6.24. The topological polar surface area (TPSA) is 97.4 Å². The maximum Gasteiger partial charge on any atom is 0.265 e. The average Bonchev–Trinajstić information content (AvgIpc) is 2.63. The van der Waals surface area contributed by atoms with Gasteiger partial charge in [0.2, 0.25) is 0 Å². The Morgan fingerprint density at radius 1 is 1.19 bits per heavy atom. The van der Waals surface area contributed by atoms with E-state index in [4.69, 9.17) is 4.74 Å². The molecule has 8 heteroatoms. The zero-order valence-corrected chi connectivity index (χ0v) is 15.5. The minimum Gasteiger partial charge on any atom is -0.479 e. The van der Waals surface area contributed by atoms with Crippen molar-refractivity contribution in [2.75, 3.05) is 10.0 Å². The summed E-state index contributed by atoms with van der Waals surface area (Å²) >= 11 is 0. The summed E-state index contributed by atoms with van der Waals surface area (Å²) in [6, 6.07) is 11.8. The molecule has 1 aliphatic rings. The van der Waals surface area contributed by atoms with Crippen LogP contribution in [0.5, 0.6) is 5.75 Å². The van der Waals surface area contributed by atoms with Crippen molar-refractivity contribution in [3.63, 3.8) is 0 Å². The van der Waals surface area contributed by atoms with E-state index in [1.54, 1.807) is 50.4 Å². The fourth-order valence-electron chi connectivity index (χ4n) is 3.02. The van der Waals surface area contributed by atoms with Crippen molar-refractivity contribution in [1.29, 1.82) is 0 Å². The highest BCUT2D eigenvalue weighted by Gasteiger charge is 2.27. The number of rotatable bonds is 3. The van der Waals surface area contributed by atoms with Crippen LogP contribution in [0.4, 0.5) is 11.4 Å². The number of nitrogens with zero attached hydrogens (tertiary/aromatic N) is 1. The van der Waals surface area contributed by atoms with Gasteiger partial charge in [0, 0.05) is 17.6 Å². The van der Waals surface area contributed by atoms with E-state index in [0.29, 0.717) is 33.6 Å². The van der Waals surface area contributed by atoms with Crippen molar-refractivity contribution < 1.29 is 17.9 Å². The van der Waals surface area contributed by atoms with Crippen LogP contribution in [0.15, 0.2) is 53.6 Å². The lowest BCUT2D eigenvalue weighted by atomic mass is 10.1. The molecule has 0 fully saturated rings. The molecule has 0 bridgehead atoms. The van der Waals surface area contributed by atoms with Gasteiger partial charge in [-0.05, 0) is 49.7 Å². The highest BCUT2D eigenvalue weighted by atomic mass is 32.2. The van der Waals surface area contributed by atoms with Gasteiger partial charge in [-0.15, -0.1) is 0 Å².